The summed E-state index contributed by atoms with van der Waals surface area (Å²) in [6.45, 7) is 1.41. The van der Waals surface area contributed by atoms with Crippen LogP contribution >= 0.6 is 0 Å². The summed E-state index contributed by atoms with van der Waals surface area (Å²) in [5, 5.41) is 0. The van der Waals surface area contributed by atoms with Crippen LogP contribution in [0.3, 0.4) is 0 Å². The van der Waals surface area contributed by atoms with Crippen LogP contribution in [0.5, 0.6) is 5.75 Å². The van der Waals surface area contributed by atoms with E-state index in [4.69, 9.17) is 18.9 Å². The van der Waals surface area contributed by atoms with E-state index in [1.54, 1.807) is 0 Å². The van der Waals surface area contributed by atoms with Crippen molar-refractivity contribution in [2.45, 2.75) is 12.4 Å². The van der Waals surface area contributed by atoms with Gasteiger partial charge in [-0.1, -0.05) is 12.1 Å². The molecule has 0 N–H and O–H groups in total. The predicted octanol–water partition coefficient (Wildman–Crippen LogP) is 1.98. The molecule has 1 atom stereocenters. The number of rotatable bonds is 4. The molecule has 1 aromatic rings. The summed E-state index contributed by atoms with van der Waals surface area (Å²) in [7, 11) is 0. The van der Waals surface area contributed by atoms with Crippen molar-refractivity contribution in [2.75, 3.05) is 13.2 Å². The molecule has 0 aromatic heterocycles. The molecule has 2 aliphatic rings. The van der Waals surface area contributed by atoms with E-state index in [0.717, 1.165) is 17.9 Å². The smallest absolute Gasteiger partial charge is 0.266 e. The topological polar surface area (TPSA) is 40.2 Å². The molecule has 0 radical (unpaired) electrons. The van der Waals surface area contributed by atoms with Crippen molar-refractivity contribution in [1.29, 1.82) is 0 Å². The van der Waals surface area contributed by atoms with Crippen molar-refractivity contribution in [2.24, 2.45) is 0 Å². The molecule has 0 spiro atoms. The first-order chi connectivity index (χ1) is 7.92. The first kappa shape index (κ1) is 9.54. The first-order valence-corrected chi connectivity index (χ1v) is 5.22. The molecule has 0 bridgehead atoms. The Hall–Kier alpha value is -1.68. The quantitative estimate of drug-likeness (QED) is 0.727. The van der Waals surface area contributed by atoms with Crippen LogP contribution in [0.4, 0.5) is 0 Å². The summed E-state index contributed by atoms with van der Waals surface area (Å²) in [4.78, 5) is 0. The van der Waals surface area contributed by atoms with E-state index >= 15 is 0 Å². The number of hydrogen-bond donors (Lipinski definition) is 0. The fourth-order valence-electron chi connectivity index (χ4n) is 1.50. The fraction of sp³-hybridized carbons (Fsp3) is 0.333. The summed E-state index contributed by atoms with van der Waals surface area (Å²) >= 11 is 0. The molecule has 4 nitrogen and oxygen atoms in total. The molecule has 1 aromatic carbocycles. The van der Waals surface area contributed by atoms with Crippen LogP contribution in [0.1, 0.15) is 11.9 Å². The van der Waals surface area contributed by atoms with Crippen LogP contribution in [-0.2, 0) is 14.2 Å². The molecule has 1 saturated heterocycles. The average molecular weight is 220 g/mol. The maximum atomic E-state index is 5.57. The van der Waals surface area contributed by atoms with Gasteiger partial charge in [0.1, 0.15) is 31.0 Å². The normalized spacial score (nSPS) is 22.6. The maximum absolute atomic E-state index is 5.57. The van der Waals surface area contributed by atoms with E-state index in [1.165, 1.54) is 12.5 Å². The van der Waals surface area contributed by atoms with Gasteiger partial charge >= 0.3 is 0 Å². The number of benzene rings is 1. The van der Waals surface area contributed by atoms with E-state index in [2.05, 4.69) is 0 Å². The lowest BCUT2D eigenvalue weighted by Gasteiger charge is -2.11. The molecular weight excluding hydrogens is 208 g/mol. The summed E-state index contributed by atoms with van der Waals surface area (Å²) in [6, 6.07) is 7.69. The highest BCUT2D eigenvalue weighted by Gasteiger charge is 2.23. The van der Waals surface area contributed by atoms with Crippen molar-refractivity contribution in [3.05, 3.63) is 42.4 Å². The van der Waals surface area contributed by atoms with Gasteiger partial charge in [0.2, 0.25) is 0 Å². The minimum absolute atomic E-state index is 0.268. The SMILES string of the molecule is C1=COC(c2cccc(OCC3CO3)c2)O1. The van der Waals surface area contributed by atoms with Crippen LogP contribution in [0, 0.1) is 0 Å². The lowest BCUT2D eigenvalue weighted by atomic mass is 10.2. The first-order valence-electron chi connectivity index (χ1n) is 5.22. The molecule has 0 aliphatic carbocycles. The van der Waals surface area contributed by atoms with Crippen molar-refractivity contribution < 1.29 is 18.9 Å². The Kier molecular flexibility index (Phi) is 2.42. The highest BCUT2D eigenvalue weighted by atomic mass is 16.7. The van der Waals surface area contributed by atoms with E-state index in [0.29, 0.717) is 6.61 Å². The summed E-state index contributed by atoms with van der Waals surface area (Å²) in [5.41, 5.74) is 0.944. The molecule has 4 heteroatoms. The van der Waals surface area contributed by atoms with Gasteiger partial charge in [-0.2, -0.15) is 0 Å². The van der Waals surface area contributed by atoms with Gasteiger partial charge in [-0.05, 0) is 12.1 Å². The molecule has 1 fully saturated rings. The Morgan fingerprint density at radius 3 is 2.81 bits per heavy atom. The van der Waals surface area contributed by atoms with Crippen molar-refractivity contribution in [3.63, 3.8) is 0 Å². The van der Waals surface area contributed by atoms with Gasteiger partial charge in [-0.3, -0.25) is 0 Å². The molecule has 0 amide bonds. The van der Waals surface area contributed by atoms with Crippen molar-refractivity contribution in [3.8, 4) is 5.75 Å². The third-order valence-corrected chi connectivity index (χ3v) is 2.43. The largest absolute Gasteiger partial charge is 0.491 e. The van der Waals surface area contributed by atoms with Crippen LogP contribution in [0.2, 0.25) is 0 Å². The van der Waals surface area contributed by atoms with Gasteiger partial charge in [-0.25, -0.2) is 0 Å². The second-order valence-corrected chi connectivity index (χ2v) is 3.72. The molecule has 84 valence electrons. The second kappa shape index (κ2) is 4.06. The van der Waals surface area contributed by atoms with E-state index < -0.39 is 0 Å². The third kappa shape index (κ3) is 2.12. The zero-order valence-electron chi connectivity index (χ0n) is 8.67. The Bertz CT molecular complexity index is 390. The Balaban J connectivity index is 1.66. The highest BCUT2D eigenvalue weighted by molar-refractivity contribution is 5.29. The van der Waals surface area contributed by atoms with E-state index in [9.17, 15) is 0 Å². The minimum Gasteiger partial charge on any atom is -0.491 e. The lowest BCUT2D eigenvalue weighted by Crippen LogP contribution is -2.05. The number of epoxide rings is 1. The molecular formula is C12H12O4. The monoisotopic (exact) mass is 220 g/mol. The molecule has 1 unspecified atom stereocenters. The number of hydrogen-bond acceptors (Lipinski definition) is 4. The zero-order valence-corrected chi connectivity index (χ0v) is 8.67. The molecule has 0 saturated carbocycles. The highest BCUT2D eigenvalue weighted by Crippen LogP contribution is 2.27. The van der Waals surface area contributed by atoms with Crippen LogP contribution < -0.4 is 4.74 Å². The molecule has 16 heavy (non-hydrogen) atoms. The van der Waals surface area contributed by atoms with Gasteiger partial charge < -0.3 is 18.9 Å². The van der Waals surface area contributed by atoms with Crippen LogP contribution in [0.25, 0.3) is 0 Å². The lowest BCUT2D eigenvalue weighted by molar-refractivity contribution is -0.0247. The van der Waals surface area contributed by atoms with Crippen molar-refractivity contribution in [1.82, 2.24) is 0 Å². The van der Waals surface area contributed by atoms with Gasteiger partial charge in [0.05, 0.1) is 6.61 Å². The van der Waals surface area contributed by atoms with Gasteiger partial charge in [-0.15, -0.1) is 0 Å². The molecule has 3 rings (SSSR count). The predicted molar refractivity (Wildman–Crippen MR) is 55.7 cm³/mol. The zero-order chi connectivity index (χ0) is 10.8. The Morgan fingerprint density at radius 2 is 2.06 bits per heavy atom. The second-order valence-electron chi connectivity index (χ2n) is 3.72. The van der Waals surface area contributed by atoms with Gasteiger partial charge in [0.15, 0.2) is 0 Å². The van der Waals surface area contributed by atoms with Crippen molar-refractivity contribution >= 4 is 0 Å². The fourth-order valence-corrected chi connectivity index (χ4v) is 1.50. The summed E-state index contributed by atoms with van der Waals surface area (Å²) < 4.78 is 21.1. The maximum Gasteiger partial charge on any atom is 0.266 e. The standard InChI is InChI=1S/C12H12O4/c1-2-9(12-13-4-5-14-12)6-10(3-1)15-7-11-8-16-11/h1-6,11-12H,7-8H2. The molecule has 2 heterocycles. The Morgan fingerprint density at radius 1 is 1.25 bits per heavy atom. The van der Waals surface area contributed by atoms with E-state index in [1.807, 2.05) is 24.3 Å². The number of ether oxygens (including phenoxy) is 4. The Labute approximate surface area is 93.4 Å². The summed E-state index contributed by atoms with van der Waals surface area (Å²) in [6.07, 6.45) is 3.00. The summed E-state index contributed by atoms with van der Waals surface area (Å²) in [5.74, 6) is 0.812. The van der Waals surface area contributed by atoms with Gasteiger partial charge in [0.25, 0.3) is 6.29 Å². The third-order valence-electron chi connectivity index (χ3n) is 2.43. The van der Waals surface area contributed by atoms with Gasteiger partial charge in [0, 0.05) is 5.56 Å². The van der Waals surface area contributed by atoms with E-state index in [-0.39, 0.29) is 12.4 Å². The minimum atomic E-state index is -0.347. The van der Waals surface area contributed by atoms with Crippen LogP contribution in [-0.4, -0.2) is 19.3 Å². The van der Waals surface area contributed by atoms with Crippen LogP contribution in [0.15, 0.2) is 36.8 Å². The average Bonchev–Trinajstić information content (AvgIpc) is 2.99. The molecule has 2 aliphatic heterocycles.